The van der Waals surface area contributed by atoms with Crippen LogP contribution in [0.3, 0.4) is 0 Å². The van der Waals surface area contributed by atoms with E-state index in [1.807, 2.05) is 6.92 Å². The van der Waals surface area contributed by atoms with Crippen molar-refractivity contribution in [1.29, 1.82) is 0 Å². The largest absolute Gasteiger partial charge is 0.484 e. The first-order chi connectivity index (χ1) is 10.3. The zero-order chi connectivity index (χ0) is 16.3. The second-order valence-electron chi connectivity index (χ2n) is 5.53. The number of piperidine rings is 1. The van der Waals surface area contributed by atoms with Gasteiger partial charge in [0.15, 0.2) is 6.61 Å². The van der Waals surface area contributed by atoms with Crippen molar-refractivity contribution in [2.45, 2.75) is 38.0 Å². The minimum absolute atomic E-state index is 0.0151. The Kier molecular flexibility index (Phi) is 4.95. The first-order valence-corrected chi connectivity index (χ1v) is 7.12. The molecule has 0 unspecified atom stereocenters. The zero-order valence-corrected chi connectivity index (χ0v) is 12.3. The molecular weight excluding hydrogens is 297 g/mol. The fourth-order valence-electron chi connectivity index (χ4n) is 2.57. The lowest BCUT2D eigenvalue weighted by Crippen LogP contribution is -2.49. The Labute approximate surface area is 127 Å². The Morgan fingerprint density at radius 2 is 2.18 bits per heavy atom. The van der Waals surface area contributed by atoms with E-state index in [-0.39, 0.29) is 30.3 Å². The summed E-state index contributed by atoms with van der Waals surface area (Å²) >= 11 is 0. The molecule has 1 aliphatic rings. The number of ether oxygens (including phenoxy) is 1. The van der Waals surface area contributed by atoms with Crippen molar-refractivity contribution >= 4 is 5.91 Å². The molecule has 0 aromatic heterocycles. The van der Waals surface area contributed by atoms with Crippen LogP contribution in [-0.2, 0) is 11.0 Å². The molecule has 1 aromatic rings. The standard InChI is InChI=1S/C15H19F3N2O2/c1-10-7-12(19)5-6-20(10)14(21)9-22-13-4-2-3-11(8-13)15(16,17)18/h2-4,8,10,12H,5-7,9,19H2,1H3/t10-,12-/m1/s1. The Hall–Kier alpha value is -1.76. The third-order valence-corrected chi connectivity index (χ3v) is 3.76. The van der Waals surface area contributed by atoms with Gasteiger partial charge in [-0.05, 0) is 38.0 Å². The summed E-state index contributed by atoms with van der Waals surface area (Å²) in [6.07, 6.45) is -2.99. The molecule has 2 rings (SSSR count). The lowest BCUT2D eigenvalue weighted by molar-refractivity contribution is -0.137. The molecule has 1 aliphatic heterocycles. The highest BCUT2D eigenvalue weighted by molar-refractivity contribution is 5.78. The van der Waals surface area contributed by atoms with E-state index in [2.05, 4.69) is 0 Å². The lowest BCUT2D eigenvalue weighted by Gasteiger charge is -2.36. The van der Waals surface area contributed by atoms with E-state index in [9.17, 15) is 18.0 Å². The van der Waals surface area contributed by atoms with Crippen LogP contribution in [0.4, 0.5) is 13.2 Å². The highest BCUT2D eigenvalue weighted by Gasteiger charge is 2.31. The molecule has 2 N–H and O–H groups in total. The van der Waals surface area contributed by atoms with Gasteiger partial charge in [0.05, 0.1) is 5.56 Å². The van der Waals surface area contributed by atoms with Crippen molar-refractivity contribution < 1.29 is 22.7 Å². The van der Waals surface area contributed by atoms with Gasteiger partial charge in [-0.1, -0.05) is 6.07 Å². The Morgan fingerprint density at radius 1 is 1.45 bits per heavy atom. The van der Waals surface area contributed by atoms with Crippen molar-refractivity contribution in [2.24, 2.45) is 5.73 Å². The van der Waals surface area contributed by atoms with Gasteiger partial charge >= 0.3 is 6.18 Å². The van der Waals surface area contributed by atoms with Crippen molar-refractivity contribution in [3.05, 3.63) is 29.8 Å². The summed E-state index contributed by atoms with van der Waals surface area (Å²) in [6, 6.07) is 4.61. The van der Waals surface area contributed by atoms with Crippen LogP contribution in [0.1, 0.15) is 25.3 Å². The Morgan fingerprint density at radius 3 is 2.82 bits per heavy atom. The fourth-order valence-corrected chi connectivity index (χ4v) is 2.57. The highest BCUT2D eigenvalue weighted by atomic mass is 19.4. The van der Waals surface area contributed by atoms with Gasteiger partial charge in [-0.2, -0.15) is 13.2 Å². The van der Waals surface area contributed by atoms with Gasteiger partial charge in [-0.15, -0.1) is 0 Å². The number of carbonyl (C=O) groups excluding carboxylic acids is 1. The molecule has 1 fully saturated rings. The van der Waals surface area contributed by atoms with Crippen LogP contribution in [0.25, 0.3) is 0 Å². The van der Waals surface area contributed by atoms with Crippen LogP contribution in [0.2, 0.25) is 0 Å². The van der Waals surface area contributed by atoms with Crippen molar-refractivity contribution in [2.75, 3.05) is 13.2 Å². The fraction of sp³-hybridized carbons (Fsp3) is 0.533. The Bertz CT molecular complexity index is 534. The number of benzene rings is 1. The summed E-state index contributed by atoms with van der Waals surface area (Å²) in [5.74, 6) is -0.207. The van der Waals surface area contributed by atoms with Crippen LogP contribution in [-0.4, -0.2) is 36.0 Å². The van der Waals surface area contributed by atoms with Gasteiger partial charge in [0.2, 0.25) is 0 Å². The summed E-state index contributed by atoms with van der Waals surface area (Å²) in [5, 5.41) is 0. The maximum absolute atomic E-state index is 12.6. The van der Waals surface area contributed by atoms with Crippen molar-refractivity contribution in [1.82, 2.24) is 4.90 Å². The van der Waals surface area contributed by atoms with E-state index in [0.29, 0.717) is 6.54 Å². The van der Waals surface area contributed by atoms with Crippen LogP contribution in [0.5, 0.6) is 5.75 Å². The number of carbonyl (C=O) groups is 1. The second kappa shape index (κ2) is 6.56. The number of hydrogen-bond donors (Lipinski definition) is 1. The Balaban J connectivity index is 1.94. The maximum atomic E-state index is 12.6. The lowest BCUT2D eigenvalue weighted by atomic mass is 9.99. The van der Waals surface area contributed by atoms with E-state index < -0.39 is 11.7 Å². The molecule has 1 aromatic carbocycles. The van der Waals surface area contributed by atoms with Gasteiger partial charge in [-0.25, -0.2) is 0 Å². The number of alkyl halides is 3. The monoisotopic (exact) mass is 316 g/mol. The molecule has 2 atom stereocenters. The van der Waals surface area contributed by atoms with Gasteiger partial charge < -0.3 is 15.4 Å². The van der Waals surface area contributed by atoms with Gasteiger partial charge in [0.25, 0.3) is 5.91 Å². The maximum Gasteiger partial charge on any atom is 0.416 e. The summed E-state index contributed by atoms with van der Waals surface area (Å²) in [5.41, 5.74) is 5.04. The van der Waals surface area contributed by atoms with E-state index in [1.54, 1.807) is 4.90 Å². The molecule has 7 heteroatoms. The minimum atomic E-state index is -4.43. The first-order valence-electron chi connectivity index (χ1n) is 7.12. The summed E-state index contributed by atoms with van der Waals surface area (Å²) in [4.78, 5) is 13.8. The number of hydrogen-bond acceptors (Lipinski definition) is 3. The van der Waals surface area contributed by atoms with Gasteiger partial charge in [0.1, 0.15) is 5.75 Å². The smallest absolute Gasteiger partial charge is 0.416 e. The summed E-state index contributed by atoms with van der Waals surface area (Å²) in [6.45, 7) is 2.18. The predicted octanol–water partition coefficient (Wildman–Crippen LogP) is 2.42. The predicted molar refractivity (Wildman–Crippen MR) is 75.3 cm³/mol. The zero-order valence-electron chi connectivity index (χ0n) is 12.3. The topological polar surface area (TPSA) is 55.6 Å². The van der Waals surface area contributed by atoms with Crippen molar-refractivity contribution in [3.63, 3.8) is 0 Å². The molecule has 122 valence electrons. The molecule has 0 aliphatic carbocycles. The molecular formula is C15H19F3N2O2. The molecule has 1 saturated heterocycles. The molecule has 1 heterocycles. The molecule has 4 nitrogen and oxygen atoms in total. The number of halogens is 3. The van der Waals surface area contributed by atoms with Crippen molar-refractivity contribution in [3.8, 4) is 5.75 Å². The van der Waals surface area contributed by atoms with Gasteiger partial charge in [-0.3, -0.25) is 4.79 Å². The van der Waals surface area contributed by atoms with E-state index in [0.717, 1.165) is 25.0 Å². The van der Waals surface area contributed by atoms with Crippen LogP contribution in [0.15, 0.2) is 24.3 Å². The second-order valence-corrected chi connectivity index (χ2v) is 5.53. The third kappa shape index (κ3) is 4.13. The summed E-state index contributed by atoms with van der Waals surface area (Å²) in [7, 11) is 0. The average Bonchev–Trinajstić information content (AvgIpc) is 2.44. The van der Waals surface area contributed by atoms with E-state index in [4.69, 9.17) is 10.5 Å². The van der Waals surface area contributed by atoms with E-state index in [1.165, 1.54) is 12.1 Å². The molecule has 0 spiro atoms. The molecule has 1 amide bonds. The number of nitrogens with two attached hydrogens (primary N) is 1. The molecule has 22 heavy (non-hydrogen) atoms. The summed E-state index contributed by atoms with van der Waals surface area (Å²) < 4.78 is 43.0. The third-order valence-electron chi connectivity index (χ3n) is 3.76. The SMILES string of the molecule is C[C@@H]1C[C@H](N)CCN1C(=O)COc1cccc(C(F)(F)F)c1. The number of nitrogens with zero attached hydrogens (tertiary/aromatic N) is 1. The van der Waals surface area contributed by atoms with Gasteiger partial charge in [0, 0.05) is 18.6 Å². The molecule has 0 saturated carbocycles. The molecule has 0 bridgehead atoms. The first kappa shape index (κ1) is 16.6. The number of rotatable bonds is 3. The average molecular weight is 316 g/mol. The number of likely N-dealkylation sites (tertiary alicyclic amines) is 1. The quantitative estimate of drug-likeness (QED) is 0.932. The minimum Gasteiger partial charge on any atom is -0.484 e. The molecule has 0 radical (unpaired) electrons. The van der Waals surface area contributed by atoms with Crippen LogP contribution >= 0.6 is 0 Å². The normalized spacial score (nSPS) is 22.5. The van der Waals surface area contributed by atoms with Crippen LogP contribution in [0, 0.1) is 0 Å². The van der Waals surface area contributed by atoms with E-state index >= 15 is 0 Å². The number of amides is 1. The highest BCUT2D eigenvalue weighted by Crippen LogP contribution is 2.31. The van der Waals surface area contributed by atoms with Crippen LogP contribution < -0.4 is 10.5 Å².